The van der Waals surface area contributed by atoms with Crippen LogP contribution in [0.1, 0.15) is 60.2 Å². The monoisotopic (exact) mass is 414 g/mol. The fourth-order valence-electron chi connectivity index (χ4n) is 3.28. The average Bonchev–Trinajstić information content (AvgIpc) is 2.94. The molecule has 0 amide bonds. The summed E-state index contributed by atoms with van der Waals surface area (Å²) in [7, 11) is 0. The third kappa shape index (κ3) is 4.50. The van der Waals surface area contributed by atoms with E-state index in [1.54, 1.807) is 6.92 Å². The van der Waals surface area contributed by atoms with Crippen LogP contribution in [0.4, 0.5) is 0 Å². The molecule has 1 aromatic carbocycles. The molecule has 2 aromatic heterocycles. The van der Waals surface area contributed by atoms with Gasteiger partial charge in [-0.05, 0) is 62.4 Å². The van der Waals surface area contributed by atoms with Gasteiger partial charge in [0.15, 0.2) is 18.5 Å². The van der Waals surface area contributed by atoms with Crippen molar-refractivity contribution in [1.82, 2.24) is 9.97 Å². The third-order valence-electron chi connectivity index (χ3n) is 4.97. The van der Waals surface area contributed by atoms with Crippen LogP contribution in [0.5, 0.6) is 5.75 Å². The quantitative estimate of drug-likeness (QED) is 0.591. The fourth-order valence-corrected chi connectivity index (χ4v) is 4.32. The molecule has 0 aliphatic rings. The number of nitrogens with one attached hydrogen (secondary N) is 1. The highest BCUT2D eigenvalue weighted by Crippen LogP contribution is 2.27. The number of thiophene rings is 1. The highest BCUT2D eigenvalue weighted by molar-refractivity contribution is 7.18. The molecule has 7 heteroatoms. The molecule has 0 aliphatic carbocycles. The number of H-pyrrole nitrogens is 1. The van der Waals surface area contributed by atoms with E-state index in [0.29, 0.717) is 27.7 Å². The summed E-state index contributed by atoms with van der Waals surface area (Å²) in [5.41, 5.74) is 3.09. The van der Waals surface area contributed by atoms with Gasteiger partial charge in [-0.15, -0.1) is 11.3 Å². The van der Waals surface area contributed by atoms with Gasteiger partial charge in [0.1, 0.15) is 10.6 Å². The van der Waals surface area contributed by atoms with E-state index >= 15 is 0 Å². The number of hydrogen-bond donors (Lipinski definition) is 1. The highest BCUT2D eigenvalue weighted by Gasteiger charge is 2.18. The van der Waals surface area contributed by atoms with Gasteiger partial charge in [0.05, 0.1) is 5.39 Å². The molecule has 154 valence electrons. The summed E-state index contributed by atoms with van der Waals surface area (Å²) in [6, 6.07) is 5.78. The number of aromatic amines is 1. The molecule has 1 atom stereocenters. The van der Waals surface area contributed by atoms with Crippen molar-refractivity contribution in [3.05, 3.63) is 55.9 Å². The number of ether oxygens (including phenoxy) is 2. The van der Waals surface area contributed by atoms with Gasteiger partial charge in [-0.1, -0.05) is 19.9 Å². The first-order chi connectivity index (χ1) is 13.7. The topological polar surface area (TPSA) is 81.3 Å². The highest BCUT2D eigenvalue weighted by atomic mass is 32.1. The third-order valence-corrected chi connectivity index (χ3v) is 6.07. The average molecular weight is 415 g/mol. The lowest BCUT2D eigenvalue weighted by molar-refractivity contribution is -0.151. The van der Waals surface area contributed by atoms with Gasteiger partial charge in [-0.25, -0.2) is 9.78 Å². The maximum Gasteiger partial charge on any atom is 0.344 e. The minimum Gasteiger partial charge on any atom is -0.482 e. The van der Waals surface area contributed by atoms with Crippen molar-refractivity contribution in [1.29, 1.82) is 0 Å². The van der Waals surface area contributed by atoms with Crippen LogP contribution in [0.2, 0.25) is 0 Å². The first-order valence-corrected chi connectivity index (χ1v) is 10.4. The Morgan fingerprint density at radius 3 is 2.59 bits per heavy atom. The molecule has 0 unspecified atom stereocenters. The van der Waals surface area contributed by atoms with E-state index in [1.807, 2.05) is 39.0 Å². The second-order valence-electron chi connectivity index (χ2n) is 7.51. The fraction of sp³-hybridized carbons (Fsp3) is 0.409. The van der Waals surface area contributed by atoms with Crippen LogP contribution < -0.4 is 10.3 Å². The number of hydrogen-bond acceptors (Lipinski definition) is 6. The van der Waals surface area contributed by atoms with Crippen molar-refractivity contribution in [2.75, 3.05) is 6.61 Å². The van der Waals surface area contributed by atoms with Gasteiger partial charge in [0.2, 0.25) is 0 Å². The van der Waals surface area contributed by atoms with Crippen LogP contribution in [0.3, 0.4) is 0 Å². The van der Waals surface area contributed by atoms with Gasteiger partial charge in [0, 0.05) is 4.88 Å². The van der Waals surface area contributed by atoms with Crippen LogP contribution in [0.15, 0.2) is 23.0 Å². The zero-order chi connectivity index (χ0) is 21.3. The number of nitrogens with zero attached hydrogens (tertiary/aromatic N) is 1. The standard InChI is InChI=1S/C22H26N2O4S/c1-11(2)17-8-7-16(9-12(17)3)27-10-18(25)28-14(5)20-23-21(26)19-13(4)15(6)29-22(19)24-20/h7-9,11,14H,10H2,1-6H3,(H,23,24,26)/t14-/m0/s1. The number of fused-ring (bicyclic) bond motifs is 1. The predicted molar refractivity (Wildman–Crippen MR) is 115 cm³/mol. The van der Waals surface area contributed by atoms with Crippen LogP contribution in [0, 0.1) is 20.8 Å². The van der Waals surface area contributed by atoms with Crippen LogP contribution in [0.25, 0.3) is 10.2 Å². The Bertz CT molecular complexity index is 1110. The Hall–Kier alpha value is -2.67. The number of carbonyl (C=O) groups excluding carboxylic acids is 1. The summed E-state index contributed by atoms with van der Waals surface area (Å²) in [6.45, 7) is 11.6. The van der Waals surface area contributed by atoms with E-state index in [0.717, 1.165) is 16.0 Å². The molecule has 3 rings (SSSR count). The maximum atomic E-state index is 12.4. The smallest absolute Gasteiger partial charge is 0.344 e. The van der Waals surface area contributed by atoms with Crippen molar-refractivity contribution >= 4 is 27.5 Å². The summed E-state index contributed by atoms with van der Waals surface area (Å²) < 4.78 is 11.0. The molecule has 3 aromatic rings. The summed E-state index contributed by atoms with van der Waals surface area (Å²) >= 11 is 1.46. The van der Waals surface area contributed by atoms with Crippen molar-refractivity contribution < 1.29 is 14.3 Å². The van der Waals surface area contributed by atoms with E-state index in [9.17, 15) is 9.59 Å². The van der Waals surface area contributed by atoms with Crippen molar-refractivity contribution in [3.63, 3.8) is 0 Å². The van der Waals surface area contributed by atoms with Gasteiger partial charge >= 0.3 is 5.97 Å². The normalized spacial score (nSPS) is 12.4. The van der Waals surface area contributed by atoms with E-state index in [-0.39, 0.29) is 12.2 Å². The van der Waals surface area contributed by atoms with Crippen molar-refractivity contribution in [2.24, 2.45) is 0 Å². The van der Waals surface area contributed by atoms with Gasteiger partial charge in [-0.3, -0.25) is 4.79 Å². The second kappa shape index (κ2) is 8.37. The number of esters is 1. The zero-order valence-corrected chi connectivity index (χ0v) is 18.4. The SMILES string of the molecule is Cc1cc(OCC(=O)O[C@@H](C)c2nc3sc(C)c(C)c3c(=O)[nH]2)ccc1C(C)C. The number of benzene rings is 1. The lowest BCUT2D eigenvalue weighted by Gasteiger charge is -2.14. The lowest BCUT2D eigenvalue weighted by atomic mass is 9.98. The zero-order valence-electron chi connectivity index (χ0n) is 17.6. The molecule has 0 bridgehead atoms. The first-order valence-electron chi connectivity index (χ1n) is 9.60. The van der Waals surface area contributed by atoms with E-state index in [2.05, 4.69) is 23.8 Å². The molecule has 0 radical (unpaired) electrons. The number of carbonyl (C=O) groups is 1. The van der Waals surface area contributed by atoms with E-state index in [1.165, 1.54) is 16.9 Å². The van der Waals surface area contributed by atoms with Crippen molar-refractivity contribution in [2.45, 2.75) is 53.6 Å². The molecule has 0 fully saturated rings. The van der Waals surface area contributed by atoms with E-state index in [4.69, 9.17) is 9.47 Å². The molecule has 0 saturated carbocycles. The first kappa shape index (κ1) is 21.0. The van der Waals surface area contributed by atoms with Crippen LogP contribution >= 0.6 is 11.3 Å². The molecular formula is C22H26N2O4S. The number of aryl methyl sites for hydroxylation is 3. The molecule has 6 nitrogen and oxygen atoms in total. The summed E-state index contributed by atoms with van der Waals surface area (Å²) in [4.78, 5) is 33.5. The summed E-state index contributed by atoms with van der Waals surface area (Å²) in [5.74, 6) is 0.852. The Kier molecular flexibility index (Phi) is 6.07. The Balaban J connectivity index is 1.66. The molecule has 2 heterocycles. The Morgan fingerprint density at radius 2 is 1.93 bits per heavy atom. The maximum absolute atomic E-state index is 12.4. The van der Waals surface area contributed by atoms with Gasteiger partial charge in [0.25, 0.3) is 5.56 Å². The Labute approximate surface area is 173 Å². The molecule has 1 N–H and O–H groups in total. The lowest BCUT2D eigenvalue weighted by Crippen LogP contribution is -2.20. The number of aromatic nitrogens is 2. The van der Waals surface area contributed by atoms with E-state index < -0.39 is 12.1 Å². The Morgan fingerprint density at radius 1 is 1.21 bits per heavy atom. The molecule has 29 heavy (non-hydrogen) atoms. The predicted octanol–water partition coefficient (Wildman–Crippen LogP) is 4.72. The summed E-state index contributed by atoms with van der Waals surface area (Å²) in [5, 5.41) is 0.596. The van der Waals surface area contributed by atoms with Crippen LogP contribution in [-0.4, -0.2) is 22.5 Å². The largest absolute Gasteiger partial charge is 0.482 e. The minimum absolute atomic E-state index is 0.214. The number of rotatable bonds is 6. The minimum atomic E-state index is -0.684. The molecule has 0 saturated heterocycles. The van der Waals surface area contributed by atoms with Crippen molar-refractivity contribution in [3.8, 4) is 5.75 Å². The molecular weight excluding hydrogens is 388 g/mol. The molecule has 0 spiro atoms. The second-order valence-corrected chi connectivity index (χ2v) is 8.71. The van der Waals surface area contributed by atoms with Gasteiger partial charge < -0.3 is 14.5 Å². The molecule has 0 aliphatic heterocycles. The van der Waals surface area contributed by atoms with Crippen LogP contribution in [-0.2, 0) is 9.53 Å². The van der Waals surface area contributed by atoms with Gasteiger partial charge in [-0.2, -0.15) is 0 Å². The summed E-state index contributed by atoms with van der Waals surface area (Å²) in [6.07, 6.45) is -0.684.